The summed E-state index contributed by atoms with van der Waals surface area (Å²) in [6.45, 7) is 4.44. The Hall–Kier alpha value is -1.79. The van der Waals surface area contributed by atoms with E-state index in [0.717, 1.165) is 6.42 Å². The van der Waals surface area contributed by atoms with Gasteiger partial charge in [-0.3, -0.25) is 9.69 Å². The van der Waals surface area contributed by atoms with Crippen LogP contribution in [-0.4, -0.2) is 49.1 Å². The molecule has 1 aromatic rings. The smallest absolute Gasteiger partial charge is 0.322 e. The van der Waals surface area contributed by atoms with Crippen LogP contribution in [0.4, 0.5) is 10.5 Å². The van der Waals surface area contributed by atoms with Crippen LogP contribution in [0.2, 0.25) is 5.02 Å². The van der Waals surface area contributed by atoms with E-state index in [1.807, 2.05) is 11.8 Å². The van der Waals surface area contributed by atoms with Crippen LogP contribution in [0.25, 0.3) is 0 Å². The highest BCUT2D eigenvalue weighted by Crippen LogP contribution is 2.30. The van der Waals surface area contributed by atoms with Gasteiger partial charge in [-0.25, -0.2) is 4.79 Å². The van der Waals surface area contributed by atoms with Gasteiger partial charge in [0.2, 0.25) is 0 Å². The number of halogens is 1. The van der Waals surface area contributed by atoms with Crippen LogP contribution in [0.3, 0.4) is 0 Å². The maximum absolute atomic E-state index is 12.8. The van der Waals surface area contributed by atoms with Gasteiger partial charge in [0.15, 0.2) is 0 Å². The van der Waals surface area contributed by atoms with Crippen molar-refractivity contribution in [2.24, 2.45) is 11.7 Å². The van der Waals surface area contributed by atoms with Crippen molar-refractivity contribution in [1.82, 2.24) is 10.2 Å². The largest absolute Gasteiger partial charge is 0.336 e. The summed E-state index contributed by atoms with van der Waals surface area (Å²) >= 11 is 6.22. The SMILES string of the molecule is CC1CC(CN)CN1C(=O)c1ccc(Cl)c(N2CCNC2=O)c1. The summed E-state index contributed by atoms with van der Waals surface area (Å²) in [4.78, 5) is 28.1. The van der Waals surface area contributed by atoms with Crippen molar-refractivity contribution in [3.8, 4) is 0 Å². The number of likely N-dealkylation sites (tertiary alicyclic amines) is 1. The molecule has 6 nitrogen and oxygen atoms in total. The Balaban J connectivity index is 1.86. The van der Waals surface area contributed by atoms with Gasteiger partial charge in [0.25, 0.3) is 5.91 Å². The number of rotatable bonds is 3. The normalized spacial score (nSPS) is 24.2. The lowest BCUT2D eigenvalue weighted by Crippen LogP contribution is -2.34. The molecule has 2 heterocycles. The van der Waals surface area contributed by atoms with Crippen molar-refractivity contribution in [3.63, 3.8) is 0 Å². The fraction of sp³-hybridized carbons (Fsp3) is 0.500. The average Bonchev–Trinajstić information content (AvgIpc) is 3.13. The first-order valence-electron chi connectivity index (χ1n) is 7.87. The molecule has 2 atom stereocenters. The van der Waals surface area contributed by atoms with Gasteiger partial charge < -0.3 is 16.0 Å². The van der Waals surface area contributed by atoms with Crippen LogP contribution < -0.4 is 16.0 Å². The molecule has 23 heavy (non-hydrogen) atoms. The zero-order valence-corrected chi connectivity index (χ0v) is 13.8. The van der Waals surface area contributed by atoms with E-state index in [1.54, 1.807) is 23.1 Å². The molecular formula is C16H21ClN4O2. The van der Waals surface area contributed by atoms with Gasteiger partial charge >= 0.3 is 6.03 Å². The average molecular weight is 337 g/mol. The van der Waals surface area contributed by atoms with Crippen molar-refractivity contribution in [2.45, 2.75) is 19.4 Å². The first-order chi connectivity index (χ1) is 11.0. The van der Waals surface area contributed by atoms with Gasteiger partial charge in [0.05, 0.1) is 10.7 Å². The Labute approximate surface area is 140 Å². The van der Waals surface area contributed by atoms with E-state index in [9.17, 15) is 9.59 Å². The van der Waals surface area contributed by atoms with E-state index < -0.39 is 0 Å². The maximum atomic E-state index is 12.8. The third-order valence-corrected chi connectivity index (χ3v) is 4.92. The predicted molar refractivity (Wildman–Crippen MR) is 89.9 cm³/mol. The minimum atomic E-state index is -0.186. The van der Waals surface area contributed by atoms with Gasteiger partial charge in [-0.05, 0) is 44.0 Å². The number of nitrogens with zero attached hydrogens (tertiary/aromatic N) is 2. The molecule has 3 rings (SSSR count). The van der Waals surface area contributed by atoms with Gasteiger partial charge in [-0.15, -0.1) is 0 Å². The summed E-state index contributed by atoms with van der Waals surface area (Å²) in [6.07, 6.45) is 0.928. The number of anilines is 1. The van der Waals surface area contributed by atoms with Gasteiger partial charge in [-0.2, -0.15) is 0 Å². The highest BCUT2D eigenvalue weighted by Gasteiger charge is 2.33. The summed E-state index contributed by atoms with van der Waals surface area (Å²) in [5, 5.41) is 3.20. The molecule has 0 saturated carbocycles. The second-order valence-corrected chi connectivity index (χ2v) is 6.60. The Kier molecular flexibility index (Phi) is 4.46. The van der Waals surface area contributed by atoms with E-state index in [1.165, 1.54) is 0 Å². The number of benzene rings is 1. The van der Waals surface area contributed by atoms with Crippen LogP contribution in [0.1, 0.15) is 23.7 Å². The van der Waals surface area contributed by atoms with Gasteiger partial charge in [0, 0.05) is 31.2 Å². The van der Waals surface area contributed by atoms with Crippen molar-refractivity contribution < 1.29 is 9.59 Å². The summed E-state index contributed by atoms with van der Waals surface area (Å²) in [5.41, 5.74) is 6.86. The van der Waals surface area contributed by atoms with Crippen LogP contribution in [-0.2, 0) is 0 Å². The number of nitrogens with one attached hydrogen (secondary N) is 1. The molecule has 3 amide bonds. The molecule has 2 saturated heterocycles. The third-order valence-electron chi connectivity index (χ3n) is 4.60. The van der Waals surface area contributed by atoms with Crippen molar-refractivity contribution in [3.05, 3.63) is 28.8 Å². The van der Waals surface area contributed by atoms with E-state index in [4.69, 9.17) is 17.3 Å². The number of hydrogen-bond donors (Lipinski definition) is 2. The summed E-state index contributed by atoms with van der Waals surface area (Å²) in [6, 6.07) is 5.08. The molecule has 2 fully saturated rings. The molecule has 0 aromatic heterocycles. The van der Waals surface area contributed by atoms with E-state index in [2.05, 4.69) is 5.32 Å². The molecule has 7 heteroatoms. The monoisotopic (exact) mass is 336 g/mol. The molecule has 0 aliphatic carbocycles. The number of urea groups is 1. The quantitative estimate of drug-likeness (QED) is 0.881. The highest BCUT2D eigenvalue weighted by molar-refractivity contribution is 6.34. The minimum absolute atomic E-state index is 0.0361. The second kappa shape index (κ2) is 6.37. The lowest BCUT2D eigenvalue weighted by Gasteiger charge is -2.23. The molecule has 0 radical (unpaired) electrons. The molecule has 2 unspecified atom stereocenters. The zero-order valence-electron chi connectivity index (χ0n) is 13.1. The Bertz CT molecular complexity index is 637. The standard InChI is InChI=1S/C16H21ClN4O2/c1-10-6-11(8-18)9-21(10)15(22)12-2-3-13(17)14(7-12)20-5-4-19-16(20)23/h2-3,7,10-11H,4-6,8-9,18H2,1H3,(H,19,23). The Morgan fingerprint density at radius 2 is 2.26 bits per heavy atom. The third kappa shape index (κ3) is 3.01. The number of hydrogen-bond acceptors (Lipinski definition) is 3. The fourth-order valence-electron chi connectivity index (χ4n) is 3.32. The predicted octanol–water partition coefficient (Wildman–Crippen LogP) is 1.68. The summed E-state index contributed by atoms with van der Waals surface area (Å²) < 4.78 is 0. The zero-order chi connectivity index (χ0) is 16.6. The summed E-state index contributed by atoms with van der Waals surface area (Å²) in [7, 11) is 0. The van der Waals surface area contributed by atoms with E-state index >= 15 is 0 Å². The van der Waals surface area contributed by atoms with Crippen molar-refractivity contribution in [2.75, 3.05) is 31.1 Å². The highest BCUT2D eigenvalue weighted by atomic mass is 35.5. The maximum Gasteiger partial charge on any atom is 0.322 e. The van der Waals surface area contributed by atoms with Crippen molar-refractivity contribution >= 4 is 29.2 Å². The Morgan fingerprint density at radius 1 is 1.48 bits per heavy atom. The van der Waals surface area contributed by atoms with Crippen molar-refractivity contribution in [1.29, 1.82) is 0 Å². The number of nitrogens with two attached hydrogens (primary N) is 1. The molecule has 2 aliphatic rings. The second-order valence-electron chi connectivity index (χ2n) is 6.19. The fourth-order valence-corrected chi connectivity index (χ4v) is 3.54. The molecule has 2 aliphatic heterocycles. The first kappa shape index (κ1) is 16.1. The lowest BCUT2D eigenvalue weighted by molar-refractivity contribution is 0.0743. The topological polar surface area (TPSA) is 78.7 Å². The van der Waals surface area contributed by atoms with Crippen LogP contribution in [0, 0.1) is 5.92 Å². The lowest BCUT2D eigenvalue weighted by atomic mass is 10.1. The molecular weight excluding hydrogens is 316 g/mol. The molecule has 1 aromatic carbocycles. The molecule has 3 N–H and O–H groups in total. The molecule has 0 spiro atoms. The van der Waals surface area contributed by atoms with Crippen LogP contribution in [0.15, 0.2) is 18.2 Å². The Morgan fingerprint density at radius 3 is 2.87 bits per heavy atom. The first-order valence-corrected chi connectivity index (χ1v) is 8.25. The van der Waals surface area contributed by atoms with Gasteiger partial charge in [0.1, 0.15) is 0 Å². The van der Waals surface area contributed by atoms with Crippen LogP contribution in [0.5, 0.6) is 0 Å². The molecule has 124 valence electrons. The van der Waals surface area contributed by atoms with E-state index in [0.29, 0.717) is 48.4 Å². The van der Waals surface area contributed by atoms with E-state index in [-0.39, 0.29) is 18.0 Å². The number of amides is 3. The number of carbonyl (C=O) groups is 2. The molecule has 0 bridgehead atoms. The summed E-state index contributed by atoms with van der Waals surface area (Å²) in [5.74, 6) is 0.316. The minimum Gasteiger partial charge on any atom is -0.336 e. The van der Waals surface area contributed by atoms with Gasteiger partial charge in [-0.1, -0.05) is 11.6 Å². The van der Waals surface area contributed by atoms with Crippen LogP contribution >= 0.6 is 11.6 Å². The number of carbonyl (C=O) groups excluding carboxylic acids is 2.